The lowest BCUT2D eigenvalue weighted by atomic mass is 10.1. The Kier molecular flexibility index (Phi) is 3.21. The summed E-state index contributed by atoms with van der Waals surface area (Å²) in [6, 6.07) is 0. The van der Waals surface area contributed by atoms with Gasteiger partial charge in [0.2, 0.25) is 0 Å². The monoisotopic (exact) mass is 242 g/mol. The molecule has 1 saturated carbocycles. The van der Waals surface area contributed by atoms with E-state index in [0.29, 0.717) is 5.92 Å². The maximum Gasteiger partial charge on any atom is 0.109 e. The molecule has 0 radical (unpaired) electrons. The molecule has 2 atom stereocenters. The minimum Gasteiger partial charge on any atom is -0.393 e. The van der Waals surface area contributed by atoms with Crippen LogP contribution in [0, 0.1) is 5.92 Å². The molecule has 0 aromatic rings. The van der Waals surface area contributed by atoms with Gasteiger partial charge in [-0.3, -0.25) is 0 Å². The quantitative estimate of drug-likeness (QED) is 0.744. The van der Waals surface area contributed by atoms with Crippen molar-refractivity contribution >= 4 is 23.0 Å². The molecule has 3 heteroatoms. The van der Waals surface area contributed by atoms with Crippen LogP contribution in [0.3, 0.4) is 0 Å². The molecule has 0 bridgehead atoms. The fourth-order valence-corrected chi connectivity index (χ4v) is 1.80. The average Bonchev–Trinajstić information content (AvgIpc) is 2.17. The molecule has 1 aliphatic carbocycles. The summed E-state index contributed by atoms with van der Waals surface area (Å²) in [6.07, 6.45) is 2.97. The van der Waals surface area contributed by atoms with Gasteiger partial charge >= 0.3 is 0 Å². The van der Waals surface area contributed by atoms with Crippen LogP contribution in [0.2, 0.25) is 0 Å². The van der Waals surface area contributed by atoms with E-state index in [9.17, 15) is 0 Å². The summed E-state index contributed by atoms with van der Waals surface area (Å²) in [6.45, 7) is 0.803. The summed E-state index contributed by atoms with van der Waals surface area (Å²) in [4.78, 5) is 0. The topological polar surface area (TPSA) is 29.5 Å². The molecule has 9 heavy (non-hydrogen) atoms. The van der Waals surface area contributed by atoms with Gasteiger partial charge in [0.1, 0.15) is 23.0 Å². The molecule has 1 rings (SSSR count). The second kappa shape index (κ2) is 3.73. The van der Waals surface area contributed by atoms with E-state index in [1.54, 1.807) is 0 Å². The molecule has 1 fully saturated rings. The Morgan fingerprint density at radius 1 is 1.56 bits per heavy atom. The molecule has 2 nitrogen and oxygen atoms in total. The van der Waals surface area contributed by atoms with E-state index in [4.69, 9.17) is 8.17 Å². The predicted octanol–water partition coefficient (Wildman–Crippen LogP) is 1.51. The summed E-state index contributed by atoms with van der Waals surface area (Å²) < 4.78 is 4.93. The first kappa shape index (κ1) is 7.75. The van der Waals surface area contributed by atoms with E-state index in [1.165, 1.54) is 0 Å². The van der Waals surface area contributed by atoms with Gasteiger partial charge in [-0.15, -0.1) is 0 Å². The standard InChI is InChI=1S/C6H11IO2/c7-9-4-5-1-2-6(8)3-5/h5-6,8H,1-4H2. The SMILES string of the molecule is OC1CCC(COI)C1. The third-order valence-electron chi connectivity index (χ3n) is 1.81. The van der Waals surface area contributed by atoms with Crippen molar-refractivity contribution in [2.75, 3.05) is 6.61 Å². The van der Waals surface area contributed by atoms with Crippen LogP contribution in [0.15, 0.2) is 0 Å². The van der Waals surface area contributed by atoms with Crippen molar-refractivity contribution in [2.45, 2.75) is 25.4 Å². The highest BCUT2D eigenvalue weighted by Gasteiger charge is 2.22. The minimum atomic E-state index is -0.0541. The van der Waals surface area contributed by atoms with Gasteiger partial charge in [0.15, 0.2) is 0 Å². The van der Waals surface area contributed by atoms with Crippen molar-refractivity contribution in [3.63, 3.8) is 0 Å². The molecule has 0 heterocycles. The zero-order valence-corrected chi connectivity index (χ0v) is 7.37. The Labute approximate surface area is 69.3 Å². The molecule has 0 aliphatic heterocycles. The van der Waals surface area contributed by atoms with Crippen molar-refractivity contribution in [2.24, 2.45) is 5.92 Å². The third kappa shape index (κ3) is 2.39. The van der Waals surface area contributed by atoms with E-state index in [0.717, 1.165) is 25.9 Å². The van der Waals surface area contributed by atoms with E-state index < -0.39 is 0 Å². The molecule has 0 aromatic carbocycles. The van der Waals surface area contributed by atoms with Crippen molar-refractivity contribution in [3.8, 4) is 0 Å². The number of rotatable bonds is 2. The lowest BCUT2D eigenvalue weighted by Crippen LogP contribution is -2.03. The van der Waals surface area contributed by atoms with Gasteiger partial charge in [-0.25, -0.2) is 0 Å². The van der Waals surface area contributed by atoms with Gasteiger partial charge in [0, 0.05) is 0 Å². The number of hydrogen-bond acceptors (Lipinski definition) is 2. The van der Waals surface area contributed by atoms with Crippen molar-refractivity contribution in [1.29, 1.82) is 0 Å². The number of halogens is 1. The fraction of sp³-hybridized carbons (Fsp3) is 1.00. The number of hydrogen-bond donors (Lipinski definition) is 1. The molecule has 0 aromatic heterocycles. The molecular formula is C6H11IO2. The fourth-order valence-electron chi connectivity index (χ4n) is 1.29. The van der Waals surface area contributed by atoms with E-state index in [1.807, 2.05) is 23.0 Å². The van der Waals surface area contributed by atoms with Gasteiger partial charge in [-0.05, 0) is 25.2 Å². The normalized spacial score (nSPS) is 35.3. The molecule has 0 spiro atoms. The van der Waals surface area contributed by atoms with Gasteiger partial charge in [-0.1, -0.05) is 0 Å². The predicted molar refractivity (Wildman–Crippen MR) is 43.3 cm³/mol. The Morgan fingerprint density at radius 2 is 2.33 bits per heavy atom. The molecule has 0 amide bonds. The van der Waals surface area contributed by atoms with Crippen molar-refractivity contribution in [3.05, 3.63) is 0 Å². The Balaban J connectivity index is 2.14. The Morgan fingerprint density at radius 3 is 2.78 bits per heavy atom. The zero-order chi connectivity index (χ0) is 6.69. The second-order valence-corrected chi connectivity index (χ2v) is 3.23. The summed E-state index contributed by atoms with van der Waals surface area (Å²) >= 11 is 1.90. The molecule has 0 saturated heterocycles. The van der Waals surface area contributed by atoms with E-state index in [-0.39, 0.29) is 6.10 Å². The van der Waals surface area contributed by atoms with Gasteiger partial charge in [-0.2, -0.15) is 0 Å². The lowest BCUT2D eigenvalue weighted by molar-refractivity contribution is 0.173. The molecule has 1 aliphatic rings. The first-order chi connectivity index (χ1) is 4.33. The highest BCUT2D eigenvalue weighted by atomic mass is 127. The highest BCUT2D eigenvalue weighted by molar-refractivity contribution is 14.1. The molecule has 54 valence electrons. The summed E-state index contributed by atoms with van der Waals surface area (Å²) in [7, 11) is 0. The Bertz CT molecular complexity index is 85.1. The smallest absolute Gasteiger partial charge is 0.109 e. The number of aliphatic hydroxyl groups excluding tert-OH is 1. The maximum atomic E-state index is 9.07. The zero-order valence-electron chi connectivity index (χ0n) is 5.22. The van der Waals surface area contributed by atoms with Crippen LogP contribution >= 0.6 is 23.0 Å². The molecule has 2 unspecified atom stereocenters. The first-order valence-corrected chi connectivity index (χ1v) is 4.12. The van der Waals surface area contributed by atoms with E-state index in [2.05, 4.69) is 0 Å². The lowest BCUT2D eigenvalue weighted by Gasteiger charge is -2.03. The third-order valence-corrected chi connectivity index (χ3v) is 2.17. The van der Waals surface area contributed by atoms with Gasteiger partial charge in [0.05, 0.1) is 12.7 Å². The van der Waals surface area contributed by atoms with Crippen LogP contribution in [0.4, 0.5) is 0 Å². The van der Waals surface area contributed by atoms with Crippen molar-refractivity contribution < 1.29 is 8.17 Å². The van der Waals surface area contributed by atoms with Crippen LogP contribution in [-0.2, 0) is 3.07 Å². The van der Waals surface area contributed by atoms with Crippen LogP contribution in [0.5, 0.6) is 0 Å². The Hall–Kier alpha value is 0.650. The van der Waals surface area contributed by atoms with Crippen LogP contribution in [0.1, 0.15) is 19.3 Å². The highest BCUT2D eigenvalue weighted by Crippen LogP contribution is 2.25. The minimum absolute atomic E-state index is 0.0541. The average molecular weight is 242 g/mol. The summed E-state index contributed by atoms with van der Waals surface area (Å²) in [5.41, 5.74) is 0. The first-order valence-electron chi connectivity index (χ1n) is 3.24. The molecule has 1 N–H and O–H groups in total. The van der Waals surface area contributed by atoms with Crippen LogP contribution in [-0.4, -0.2) is 17.8 Å². The summed E-state index contributed by atoms with van der Waals surface area (Å²) in [5.74, 6) is 0.608. The molecular weight excluding hydrogens is 231 g/mol. The number of aliphatic hydroxyl groups is 1. The maximum absolute atomic E-state index is 9.07. The largest absolute Gasteiger partial charge is 0.393 e. The van der Waals surface area contributed by atoms with Crippen LogP contribution < -0.4 is 0 Å². The van der Waals surface area contributed by atoms with E-state index >= 15 is 0 Å². The van der Waals surface area contributed by atoms with Gasteiger partial charge in [0.25, 0.3) is 0 Å². The van der Waals surface area contributed by atoms with Crippen molar-refractivity contribution in [1.82, 2.24) is 0 Å². The summed E-state index contributed by atoms with van der Waals surface area (Å²) in [5, 5.41) is 9.07. The van der Waals surface area contributed by atoms with Crippen LogP contribution in [0.25, 0.3) is 0 Å². The van der Waals surface area contributed by atoms with Gasteiger partial charge < -0.3 is 8.17 Å². The second-order valence-electron chi connectivity index (χ2n) is 2.61.